The average Bonchev–Trinajstić information content (AvgIpc) is 3.02. The van der Waals surface area contributed by atoms with E-state index in [0.717, 1.165) is 0 Å². The lowest BCUT2D eigenvalue weighted by atomic mass is 10.0. The third kappa shape index (κ3) is 4.55. The van der Waals surface area contributed by atoms with Crippen LogP contribution in [0.3, 0.4) is 0 Å². The summed E-state index contributed by atoms with van der Waals surface area (Å²) in [5.74, 6) is -0.351. The van der Waals surface area contributed by atoms with Crippen molar-refractivity contribution in [2.45, 2.75) is 18.2 Å². The SMILES string of the molecule is C=CCc1cc(/C=C2\C(=O)ON=C2C)cc(OC)c1OS(=O)(=O)c1ccc(Cl)cc1. The zero-order valence-corrected chi connectivity index (χ0v) is 17.8. The van der Waals surface area contributed by atoms with Gasteiger partial charge in [-0.3, -0.25) is 0 Å². The second-order valence-electron chi connectivity index (χ2n) is 6.31. The van der Waals surface area contributed by atoms with Crippen molar-refractivity contribution < 1.29 is 27.0 Å². The molecule has 3 rings (SSSR count). The number of hydrogen-bond donors (Lipinski definition) is 0. The molecule has 0 radical (unpaired) electrons. The summed E-state index contributed by atoms with van der Waals surface area (Å²) in [6, 6.07) is 8.86. The first-order valence-electron chi connectivity index (χ1n) is 8.75. The lowest BCUT2D eigenvalue weighted by Gasteiger charge is -2.15. The first-order chi connectivity index (χ1) is 14.2. The molecule has 0 aromatic heterocycles. The van der Waals surface area contributed by atoms with Gasteiger partial charge in [-0.1, -0.05) is 22.8 Å². The Labute approximate surface area is 179 Å². The summed E-state index contributed by atoms with van der Waals surface area (Å²) in [5.41, 5.74) is 1.83. The van der Waals surface area contributed by atoms with Crippen LogP contribution in [-0.2, 0) is 26.2 Å². The van der Waals surface area contributed by atoms with Gasteiger partial charge in [0.15, 0.2) is 11.5 Å². The van der Waals surface area contributed by atoms with Gasteiger partial charge < -0.3 is 13.8 Å². The number of ether oxygens (including phenoxy) is 1. The van der Waals surface area contributed by atoms with Crippen LogP contribution in [0.5, 0.6) is 11.5 Å². The van der Waals surface area contributed by atoms with Gasteiger partial charge in [0.1, 0.15) is 4.90 Å². The first kappa shape index (κ1) is 21.6. The van der Waals surface area contributed by atoms with E-state index in [9.17, 15) is 13.2 Å². The molecule has 0 fully saturated rings. The van der Waals surface area contributed by atoms with Crippen LogP contribution in [0.25, 0.3) is 6.08 Å². The summed E-state index contributed by atoms with van der Waals surface area (Å²) >= 11 is 5.83. The van der Waals surface area contributed by atoms with Gasteiger partial charge in [0, 0.05) is 10.6 Å². The summed E-state index contributed by atoms with van der Waals surface area (Å²) in [4.78, 5) is 16.4. The molecule has 1 aliphatic heterocycles. The molecule has 0 aliphatic carbocycles. The van der Waals surface area contributed by atoms with Gasteiger partial charge in [0.2, 0.25) is 0 Å². The highest BCUT2D eigenvalue weighted by Crippen LogP contribution is 2.36. The second-order valence-corrected chi connectivity index (χ2v) is 8.29. The highest BCUT2D eigenvalue weighted by molar-refractivity contribution is 7.87. The lowest BCUT2D eigenvalue weighted by Crippen LogP contribution is -2.12. The monoisotopic (exact) mass is 447 g/mol. The van der Waals surface area contributed by atoms with Crippen LogP contribution in [0.1, 0.15) is 18.1 Å². The van der Waals surface area contributed by atoms with E-state index in [0.29, 0.717) is 33.9 Å². The first-order valence-corrected chi connectivity index (χ1v) is 10.5. The topological polar surface area (TPSA) is 91.3 Å². The average molecular weight is 448 g/mol. The quantitative estimate of drug-likeness (QED) is 0.274. The predicted octanol–water partition coefficient (Wildman–Crippen LogP) is 4.16. The molecular weight excluding hydrogens is 430 g/mol. The number of halogens is 1. The van der Waals surface area contributed by atoms with Crippen molar-refractivity contribution in [2.24, 2.45) is 5.16 Å². The number of methoxy groups -OCH3 is 1. The molecule has 0 amide bonds. The van der Waals surface area contributed by atoms with Crippen molar-refractivity contribution in [2.75, 3.05) is 7.11 Å². The summed E-state index contributed by atoms with van der Waals surface area (Å²) in [6.07, 6.45) is 3.49. The van der Waals surface area contributed by atoms with Gasteiger partial charge in [-0.15, -0.1) is 6.58 Å². The van der Waals surface area contributed by atoms with Crippen LogP contribution < -0.4 is 8.92 Å². The Balaban J connectivity index is 2.07. The summed E-state index contributed by atoms with van der Waals surface area (Å²) < 4.78 is 36.3. The van der Waals surface area contributed by atoms with Crippen LogP contribution in [-0.4, -0.2) is 27.2 Å². The van der Waals surface area contributed by atoms with Gasteiger partial charge in [0.25, 0.3) is 0 Å². The van der Waals surface area contributed by atoms with E-state index in [1.165, 1.54) is 31.4 Å². The van der Waals surface area contributed by atoms with Crippen molar-refractivity contribution in [3.63, 3.8) is 0 Å². The molecule has 0 unspecified atom stereocenters. The van der Waals surface area contributed by atoms with Gasteiger partial charge in [-0.25, -0.2) is 4.79 Å². The molecule has 1 heterocycles. The van der Waals surface area contributed by atoms with Crippen molar-refractivity contribution in [3.8, 4) is 11.5 Å². The molecule has 0 saturated carbocycles. The number of nitrogens with zero attached hydrogens (tertiary/aromatic N) is 1. The van der Waals surface area contributed by atoms with Crippen molar-refractivity contribution >= 4 is 39.5 Å². The number of carbonyl (C=O) groups is 1. The van der Waals surface area contributed by atoms with Crippen molar-refractivity contribution in [1.29, 1.82) is 0 Å². The van der Waals surface area contributed by atoms with Crippen LogP contribution >= 0.6 is 11.6 Å². The van der Waals surface area contributed by atoms with Gasteiger partial charge >= 0.3 is 16.1 Å². The fourth-order valence-corrected chi connectivity index (χ4v) is 3.87. The Morgan fingerprint density at radius 3 is 2.50 bits per heavy atom. The van der Waals surface area contributed by atoms with Crippen LogP contribution in [0.15, 0.2) is 64.7 Å². The van der Waals surface area contributed by atoms with E-state index in [1.807, 2.05) is 0 Å². The summed E-state index contributed by atoms with van der Waals surface area (Å²) in [5, 5.41) is 4.04. The Morgan fingerprint density at radius 2 is 1.93 bits per heavy atom. The molecule has 7 nitrogen and oxygen atoms in total. The summed E-state index contributed by atoms with van der Waals surface area (Å²) in [7, 11) is -2.75. The molecule has 1 aliphatic rings. The Morgan fingerprint density at radius 1 is 1.23 bits per heavy atom. The van der Waals surface area contributed by atoms with Gasteiger partial charge in [0.05, 0.1) is 18.4 Å². The van der Waals surface area contributed by atoms with Crippen LogP contribution in [0.4, 0.5) is 0 Å². The number of benzene rings is 2. The Kier molecular flexibility index (Phi) is 6.28. The molecule has 2 aromatic rings. The van der Waals surface area contributed by atoms with E-state index >= 15 is 0 Å². The van der Waals surface area contributed by atoms with Crippen molar-refractivity contribution in [3.05, 3.63) is 70.8 Å². The van der Waals surface area contributed by atoms with E-state index in [2.05, 4.69) is 16.6 Å². The largest absolute Gasteiger partial charge is 0.493 e. The third-order valence-electron chi connectivity index (χ3n) is 4.22. The van der Waals surface area contributed by atoms with E-state index in [4.69, 9.17) is 20.5 Å². The van der Waals surface area contributed by atoms with E-state index in [1.54, 1.807) is 31.2 Å². The number of carbonyl (C=O) groups excluding carboxylic acids is 1. The number of rotatable bonds is 7. The van der Waals surface area contributed by atoms with Gasteiger partial charge in [-0.2, -0.15) is 8.42 Å². The standard InChI is InChI=1S/C21H18ClNO6S/c1-4-5-15-10-14(11-18-13(2)23-28-21(18)24)12-19(27-3)20(15)29-30(25,26)17-8-6-16(22)7-9-17/h4,6-12H,1,5H2,2-3H3/b18-11-. The maximum Gasteiger partial charge on any atom is 0.367 e. The molecule has 0 spiro atoms. The molecule has 30 heavy (non-hydrogen) atoms. The van der Waals surface area contributed by atoms with Crippen LogP contribution in [0, 0.1) is 0 Å². The zero-order chi connectivity index (χ0) is 21.9. The third-order valence-corrected chi connectivity index (χ3v) is 5.71. The molecule has 156 valence electrons. The van der Waals surface area contributed by atoms with E-state index < -0.39 is 16.1 Å². The molecule has 0 saturated heterocycles. The smallest absolute Gasteiger partial charge is 0.367 e. The number of allylic oxidation sites excluding steroid dienone is 1. The predicted molar refractivity (Wildman–Crippen MR) is 113 cm³/mol. The lowest BCUT2D eigenvalue weighted by molar-refractivity contribution is -0.136. The second kappa shape index (κ2) is 8.73. The molecule has 0 atom stereocenters. The minimum atomic E-state index is -4.14. The van der Waals surface area contributed by atoms with E-state index in [-0.39, 0.29) is 16.4 Å². The Hall–Kier alpha value is -3.10. The molecule has 2 aromatic carbocycles. The van der Waals surface area contributed by atoms with Gasteiger partial charge in [-0.05, 0) is 61.4 Å². The maximum absolute atomic E-state index is 12.8. The molecule has 0 bridgehead atoms. The minimum absolute atomic E-state index is 0.0360. The summed E-state index contributed by atoms with van der Waals surface area (Å²) in [6.45, 7) is 5.35. The molecule has 0 N–H and O–H groups in total. The number of hydrogen-bond acceptors (Lipinski definition) is 7. The maximum atomic E-state index is 12.8. The minimum Gasteiger partial charge on any atom is -0.493 e. The highest BCUT2D eigenvalue weighted by Gasteiger charge is 2.24. The Bertz CT molecular complexity index is 1170. The fraction of sp³-hybridized carbons (Fsp3) is 0.143. The molecule has 9 heteroatoms. The molecular formula is C21H18ClNO6S. The van der Waals surface area contributed by atoms with Crippen LogP contribution in [0.2, 0.25) is 5.02 Å². The fourth-order valence-electron chi connectivity index (χ4n) is 2.77. The normalized spacial score (nSPS) is 15.0. The van der Waals surface area contributed by atoms with Crippen molar-refractivity contribution in [1.82, 2.24) is 0 Å². The zero-order valence-electron chi connectivity index (χ0n) is 16.2. The number of oxime groups is 1. The highest BCUT2D eigenvalue weighted by atomic mass is 35.5.